The van der Waals surface area contributed by atoms with E-state index in [1.807, 2.05) is 0 Å². The van der Waals surface area contributed by atoms with Crippen molar-refractivity contribution in [1.29, 1.82) is 0 Å². The van der Waals surface area contributed by atoms with Crippen LogP contribution >= 0.6 is 23.2 Å². The molecule has 3 nitrogen and oxygen atoms in total. The van der Waals surface area contributed by atoms with Gasteiger partial charge in [0.25, 0.3) is 0 Å². The van der Waals surface area contributed by atoms with E-state index in [-0.39, 0.29) is 16.0 Å². The Bertz CT molecular complexity index is 366. The lowest BCUT2D eigenvalue weighted by Crippen LogP contribution is -2.26. The molecule has 1 rings (SSSR count). The lowest BCUT2D eigenvalue weighted by atomic mass is 10.2. The van der Waals surface area contributed by atoms with E-state index in [4.69, 9.17) is 23.2 Å². The summed E-state index contributed by atoms with van der Waals surface area (Å²) in [4.78, 5) is 15.0. The fourth-order valence-corrected chi connectivity index (χ4v) is 1.42. The second kappa shape index (κ2) is 5.96. The fourth-order valence-electron chi connectivity index (χ4n) is 0.963. The number of hydrogen-bond acceptors (Lipinski definition) is 2. The molecule has 0 bridgehead atoms. The van der Waals surface area contributed by atoms with Gasteiger partial charge in [0.2, 0.25) is 5.91 Å². The molecule has 0 unspecified atom stereocenters. The number of nitrogens with one attached hydrogen (secondary N) is 1. The number of amides is 1. The van der Waals surface area contributed by atoms with Crippen molar-refractivity contribution in [1.82, 2.24) is 4.98 Å². The summed E-state index contributed by atoms with van der Waals surface area (Å²) in [7, 11) is 0. The Morgan fingerprint density at radius 1 is 1.31 bits per heavy atom. The molecule has 1 heterocycles. The Morgan fingerprint density at radius 3 is 2.25 bits per heavy atom. The van der Waals surface area contributed by atoms with E-state index in [0.717, 1.165) is 0 Å². The van der Waals surface area contributed by atoms with Crippen LogP contribution in [0, 0.1) is 5.92 Å². The summed E-state index contributed by atoms with van der Waals surface area (Å²) in [5.41, 5.74) is 0.252. The van der Waals surface area contributed by atoms with Gasteiger partial charge in [-0.05, 0) is 12.1 Å². The number of hydrogen-bond donors (Lipinski definition) is 1. The van der Waals surface area contributed by atoms with E-state index in [9.17, 15) is 13.6 Å². The number of carbonyl (C=O) groups excluding carboxylic acids is 1. The van der Waals surface area contributed by atoms with Gasteiger partial charge in [-0.2, -0.15) is 0 Å². The highest BCUT2D eigenvalue weighted by Crippen LogP contribution is 2.19. The van der Waals surface area contributed by atoms with Crippen molar-refractivity contribution in [3.05, 3.63) is 22.4 Å². The van der Waals surface area contributed by atoms with Crippen molar-refractivity contribution in [2.24, 2.45) is 5.92 Å². The first-order valence-electron chi connectivity index (χ1n) is 4.32. The van der Waals surface area contributed by atoms with Crippen molar-refractivity contribution in [2.75, 3.05) is 18.7 Å². The number of rotatable bonds is 4. The van der Waals surface area contributed by atoms with Gasteiger partial charge in [0.15, 0.2) is 0 Å². The number of anilines is 1. The van der Waals surface area contributed by atoms with Crippen LogP contribution in [0.5, 0.6) is 0 Å². The van der Waals surface area contributed by atoms with Crippen LogP contribution in [0.25, 0.3) is 0 Å². The van der Waals surface area contributed by atoms with E-state index in [2.05, 4.69) is 10.3 Å². The highest BCUT2D eigenvalue weighted by atomic mass is 35.5. The molecule has 1 amide bonds. The van der Waals surface area contributed by atoms with E-state index in [1.54, 1.807) is 0 Å². The van der Waals surface area contributed by atoms with Crippen LogP contribution < -0.4 is 5.32 Å². The topological polar surface area (TPSA) is 42.0 Å². The average Bonchev–Trinajstić information content (AvgIpc) is 2.17. The summed E-state index contributed by atoms with van der Waals surface area (Å²) in [5.74, 6) is -2.07. The minimum atomic E-state index is -1.31. The van der Waals surface area contributed by atoms with Crippen LogP contribution in [0.4, 0.5) is 14.5 Å². The molecule has 16 heavy (non-hydrogen) atoms. The lowest BCUT2D eigenvalue weighted by molar-refractivity contribution is -0.120. The highest BCUT2D eigenvalue weighted by molar-refractivity contribution is 6.32. The molecule has 0 fully saturated rings. The normalized spacial score (nSPS) is 10.6. The number of carbonyl (C=O) groups is 1. The van der Waals surface area contributed by atoms with E-state index < -0.39 is 25.2 Å². The summed E-state index contributed by atoms with van der Waals surface area (Å²) in [6.07, 6.45) is 0. The average molecular weight is 269 g/mol. The van der Waals surface area contributed by atoms with Crippen LogP contribution in [-0.2, 0) is 4.79 Å². The second-order valence-corrected chi connectivity index (χ2v) is 3.77. The van der Waals surface area contributed by atoms with Crippen LogP contribution in [-0.4, -0.2) is 24.2 Å². The van der Waals surface area contributed by atoms with E-state index in [1.165, 1.54) is 12.1 Å². The van der Waals surface area contributed by atoms with Gasteiger partial charge in [0, 0.05) is 5.69 Å². The number of pyridine rings is 1. The zero-order chi connectivity index (χ0) is 12.1. The summed E-state index contributed by atoms with van der Waals surface area (Å²) in [6.45, 7) is -2.12. The maximum atomic E-state index is 12.2. The lowest BCUT2D eigenvalue weighted by Gasteiger charge is -2.10. The first-order valence-corrected chi connectivity index (χ1v) is 5.08. The molecule has 1 aromatic heterocycles. The minimum Gasteiger partial charge on any atom is -0.325 e. The van der Waals surface area contributed by atoms with Crippen molar-refractivity contribution in [3.63, 3.8) is 0 Å². The third kappa shape index (κ3) is 3.57. The van der Waals surface area contributed by atoms with E-state index in [0.29, 0.717) is 0 Å². The van der Waals surface area contributed by atoms with Crippen LogP contribution in [0.15, 0.2) is 12.1 Å². The molecule has 0 radical (unpaired) electrons. The molecule has 0 aliphatic carbocycles. The van der Waals surface area contributed by atoms with Gasteiger partial charge < -0.3 is 5.32 Å². The highest BCUT2D eigenvalue weighted by Gasteiger charge is 2.18. The van der Waals surface area contributed by atoms with Gasteiger partial charge in [0.05, 0.1) is 5.92 Å². The maximum Gasteiger partial charge on any atom is 0.232 e. The number of alkyl halides is 2. The van der Waals surface area contributed by atoms with Gasteiger partial charge in [-0.15, -0.1) is 0 Å². The van der Waals surface area contributed by atoms with Crippen LogP contribution in [0.2, 0.25) is 10.3 Å². The van der Waals surface area contributed by atoms with Crippen LogP contribution in [0.3, 0.4) is 0 Å². The van der Waals surface area contributed by atoms with Crippen molar-refractivity contribution >= 4 is 34.8 Å². The molecule has 7 heteroatoms. The zero-order valence-corrected chi connectivity index (χ0v) is 9.53. The Labute approximate surface area is 101 Å². The van der Waals surface area contributed by atoms with Gasteiger partial charge in [-0.1, -0.05) is 23.2 Å². The number of halogens is 4. The Balaban J connectivity index is 2.76. The van der Waals surface area contributed by atoms with Crippen molar-refractivity contribution in [3.8, 4) is 0 Å². The first kappa shape index (κ1) is 13.1. The molecule has 0 saturated carbocycles. The number of aromatic nitrogens is 1. The molecule has 0 atom stereocenters. The zero-order valence-electron chi connectivity index (χ0n) is 8.01. The Kier molecular flexibility index (Phi) is 4.89. The standard InChI is InChI=1S/C9H8Cl2F2N2O/c10-7-1-6(2-8(11)15-7)14-9(16)5(3-12)4-13/h1-2,5H,3-4H2,(H,14,15,16). The summed E-state index contributed by atoms with van der Waals surface area (Å²) in [6, 6.07) is 2.66. The fraction of sp³-hybridized carbons (Fsp3) is 0.333. The van der Waals surface area contributed by atoms with Crippen molar-refractivity contribution < 1.29 is 13.6 Å². The van der Waals surface area contributed by atoms with Gasteiger partial charge in [0.1, 0.15) is 23.7 Å². The molecular weight excluding hydrogens is 261 g/mol. The quantitative estimate of drug-likeness (QED) is 0.854. The van der Waals surface area contributed by atoms with Crippen molar-refractivity contribution in [2.45, 2.75) is 0 Å². The molecule has 1 N–H and O–H groups in total. The van der Waals surface area contributed by atoms with Gasteiger partial charge in [-0.3, -0.25) is 13.6 Å². The second-order valence-electron chi connectivity index (χ2n) is 3.00. The third-order valence-corrected chi connectivity index (χ3v) is 2.16. The smallest absolute Gasteiger partial charge is 0.232 e. The van der Waals surface area contributed by atoms with Gasteiger partial charge >= 0.3 is 0 Å². The minimum absolute atomic E-state index is 0.0832. The third-order valence-electron chi connectivity index (χ3n) is 1.77. The van der Waals surface area contributed by atoms with Gasteiger partial charge in [-0.25, -0.2) is 4.98 Å². The molecule has 1 aromatic rings. The Morgan fingerprint density at radius 2 is 1.81 bits per heavy atom. The largest absolute Gasteiger partial charge is 0.325 e. The summed E-state index contributed by atoms with van der Waals surface area (Å²) >= 11 is 11.2. The molecule has 0 saturated heterocycles. The molecule has 0 aliphatic heterocycles. The molecule has 0 spiro atoms. The summed E-state index contributed by atoms with van der Waals surface area (Å²) < 4.78 is 24.4. The Hall–Kier alpha value is -0.940. The predicted octanol–water partition coefficient (Wildman–Crippen LogP) is 2.88. The molecule has 0 aromatic carbocycles. The monoisotopic (exact) mass is 268 g/mol. The molecule has 0 aliphatic rings. The predicted molar refractivity (Wildman–Crippen MR) is 58.3 cm³/mol. The summed E-state index contributed by atoms with van der Waals surface area (Å²) in [5, 5.41) is 2.46. The SMILES string of the molecule is O=C(Nc1cc(Cl)nc(Cl)c1)C(CF)CF. The maximum absolute atomic E-state index is 12.2. The van der Waals surface area contributed by atoms with E-state index >= 15 is 0 Å². The number of nitrogens with zero attached hydrogens (tertiary/aromatic N) is 1. The molecular formula is C9H8Cl2F2N2O. The molecule has 88 valence electrons. The first-order chi connectivity index (χ1) is 7.56. The van der Waals surface area contributed by atoms with Crippen LogP contribution in [0.1, 0.15) is 0 Å².